The van der Waals surface area contributed by atoms with Gasteiger partial charge in [-0.1, -0.05) is 36.4 Å². The molecule has 1 unspecified atom stereocenters. The number of hydrogen-bond acceptors (Lipinski definition) is 6. The van der Waals surface area contributed by atoms with E-state index < -0.39 is 29.4 Å². The molecule has 1 saturated heterocycles. The summed E-state index contributed by atoms with van der Waals surface area (Å²) in [5.74, 6) is -0.953. The highest BCUT2D eigenvalue weighted by Crippen LogP contribution is 2.42. The lowest BCUT2D eigenvalue weighted by molar-refractivity contribution is -0.141. The Kier molecular flexibility index (Phi) is 7.78. The third-order valence-corrected chi connectivity index (χ3v) is 7.97. The van der Waals surface area contributed by atoms with Gasteiger partial charge in [-0.3, -0.25) is 24.6 Å². The molecule has 41 heavy (non-hydrogen) atoms. The van der Waals surface area contributed by atoms with E-state index in [9.17, 15) is 24.0 Å². The van der Waals surface area contributed by atoms with Crippen LogP contribution in [-0.2, 0) is 37.6 Å². The minimum absolute atomic E-state index is 0.000876. The predicted octanol–water partition coefficient (Wildman–Crippen LogP) is 3.02. The molecule has 5 rings (SSSR count). The van der Waals surface area contributed by atoms with Crippen LogP contribution in [0.25, 0.3) is 0 Å². The van der Waals surface area contributed by atoms with Crippen molar-refractivity contribution in [1.82, 2.24) is 20.4 Å². The molecule has 0 radical (unpaired) electrons. The topological polar surface area (TPSA) is 137 Å². The van der Waals surface area contributed by atoms with Gasteiger partial charge in [0.25, 0.3) is 11.8 Å². The number of ether oxygens (including phenoxy) is 1. The minimum atomic E-state index is -1.26. The Bertz CT molecular complexity index is 1410. The van der Waals surface area contributed by atoms with Crippen molar-refractivity contribution in [3.63, 3.8) is 0 Å². The van der Waals surface area contributed by atoms with Crippen LogP contribution in [0.4, 0.5) is 15.3 Å². The van der Waals surface area contributed by atoms with E-state index in [1.54, 1.807) is 23.1 Å². The summed E-state index contributed by atoms with van der Waals surface area (Å²) in [5, 5.41) is 7.59. The second-order valence-corrected chi connectivity index (χ2v) is 10.7. The molecule has 3 aliphatic rings. The minimum Gasteiger partial charge on any atom is -0.504 e. The van der Waals surface area contributed by atoms with Gasteiger partial charge in [0, 0.05) is 24.4 Å². The largest absolute Gasteiger partial charge is 0.504 e. The zero-order valence-electron chi connectivity index (χ0n) is 23.0. The third-order valence-electron chi connectivity index (χ3n) is 7.97. The number of hydrogen-bond donors (Lipinski definition) is 3. The molecule has 7 amide bonds. The number of aryl methyl sites for hydroxylation is 1. The molecular weight excluding hydrogens is 526 g/mol. The van der Waals surface area contributed by atoms with E-state index in [0.717, 1.165) is 41.2 Å². The fourth-order valence-electron chi connectivity index (χ4n) is 5.62. The van der Waals surface area contributed by atoms with Crippen molar-refractivity contribution in [2.75, 3.05) is 19.0 Å². The van der Waals surface area contributed by atoms with Crippen molar-refractivity contribution in [1.29, 1.82) is 0 Å². The molecule has 2 fully saturated rings. The number of anilines is 1. The molecule has 1 aliphatic heterocycles. The van der Waals surface area contributed by atoms with Crippen LogP contribution in [0.1, 0.15) is 42.9 Å². The Labute approximate surface area is 237 Å². The fraction of sp³-hybridized carbons (Fsp3) is 0.367. The van der Waals surface area contributed by atoms with Crippen molar-refractivity contribution in [3.05, 3.63) is 77.6 Å². The quantitative estimate of drug-likeness (QED) is 0.245. The zero-order valence-corrected chi connectivity index (χ0v) is 23.0. The Morgan fingerprint density at radius 3 is 2.63 bits per heavy atom. The van der Waals surface area contributed by atoms with Gasteiger partial charge in [-0.15, -0.1) is 0 Å². The molecule has 2 aromatic carbocycles. The van der Waals surface area contributed by atoms with Gasteiger partial charge in [-0.05, 0) is 67.3 Å². The standard InChI is InChI=1S/C30H33N5O6/c1-19(21-8-9-21)34(17-20-6-4-3-5-7-20)26(37)18-35-27(38)30(33-29(35)40)14-12-22-16-23(10-11-24(22)30)31-28(39)32-25(36)13-15-41-2/h3-7,10-11,13,15-16,19,21H,8-9,12,14,17-18H2,1-2H3,(H,33,40)(H2,31,32,36,39)/b15-13+/t19-,30?/m0/s1. The molecule has 1 saturated carbocycles. The lowest BCUT2D eigenvalue weighted by Gasteiger charge is -2.31. The first kappa shape index (κ1) is 27.9. The zero-order chi connectivity index (χ0) is 29.1. The van der Waals surface area contributed by atoms with Crippen LogP contribution in [0.2, 0.25) is 0 Å². The summed E-state index contributed by atoms with van der Waals surface area (Å²) in [5.41, 5.74) is 1.56. The third kappa shape index (κ3) is 5.79. The van der Waals surface area contributed by atoms with Crippen molar-refractivity contribution >= 4 is 35.5 Å². The highest BCUT2D eigenvalue weighted by Gasteiger charge is 2.56. The summed E-state index contributed by atoms with van der Waals surface area (Å²) in [6.45, 7) is 2.10. The number of nitrogens with zero attached hydrogens (tertiary/aromatic N) is 2. The number of nitrogens with one attached hydrogen (secondary N) is 3. The van der Waals surface area contributed by atoms with Crippen LogP contribution < -0.4 is 16.0 Å². The van der Waals surface area contributed by atoms with Crippen molar-refractivity contribution in [3.8, 4) is 0 Å². The highest BCUT2D eigenvalue weighted by molar-refractivity contribution is 6.10. The summed E-state index contributed by atoms with van der Waals surface area (Å²) < 4.78 is 4.66. The van der Waals surface area contributed by atoms with E-state index in [0.29, 0.717) is 36.6 Å². The molecule has 1 heterocycles. The molecular formula is C30H33N5O6. The predicted molar refractivity (Wildman–Crippen MR) is 149 cm³/mol. The summed E-state index contributed by atoms with van der Waals surface area (Å²) in [7, 11) is 1.38. The van der Waals surface area contributed by atoms with Gasteiger partial charge in [0.2, 0.25) is 5.91 Å². The number of fused-ring (bicyclic) bond motifs is 2. The van der Waals surface area contributed by atoms with Gasteiger partial charge in [0.05, 0.1) is 13.4 Å². The number of rotatable bonds is 9. The molecule has 214 valence electrons. The Morgan fingerprint density at radius 2 is 1.93 bits per heavy atom. The maximum atomic E-state index is 13.7. The molecule has 11 nitrogen and oxygen atoms in total. The summed E-state index contributed by atoms with van der Waals surface area (Å²) >= 11 is 0. The Morgan fingerprint density at radius 1 is 1.17 bits per heavy atom. The molecule has 1 spiro atoms. The van der Waals surface area contributed by atoms with E-state index in [2.05, 4.69) is 20.7 Å². The van der Waals surface area contributed by atoms with Gasteiger partial charge in [0.1, 0.15) is 12.1 Å². The van der Waals surface area contributed by atoms with Crippen molar-refractivity contribution < 1.29 is 28.7 Å². The number of methoxy groups -OCH3 is 1. The first-order valence-corrected chi connectivity index (χ1v) is 13.6. The SMILES string of the molecule is CO/C=C/C(=O)NC(=O)Nc1ccc2c(c1)CCC21NC(=O)N(CC(=O)N(Cc2ccccc2)[C@@H](C)C2CC2)C1=O. The van der Waals surface area contributed by atoms with Crippen LogP contribution in [0.15, 0.2) is 60.9 Å². The Hall–Kier alpha value is -4.67. The molecule has 0 bridgehead atoms. The maximum Gasteiger partial charge on any atom is 0.326 e. The summed E-state index contributed by atoms with van der Waals surface area (Å²) in [6, 6.07) is 13.4. The van der Waals surface area contributed by atoms with E-state index in [-0.39, 0.29) is 18.5 Å². The van der Waals surface area contributed by atoms with E-state index in [1.807, 2.05) is 37.3 Å². The highest BCUT2D eigenvalue weighted by atomic mass is 16.5. The lowest BCUT2D eigenvalue weighted by Crippen LogP contribution is -2.47. The van der Waals surface area contributed by atoms with E-state index >= 15 is 0 Å². The average Bonchev–Trinajstić information content (AvgIpc) is 3.71. The second kappa shape index (κ2) is 11.4. The normalized spacial score (nSPS) is 20.1. The Balaban J connectivity index is 1.29. The number of benzene rings is 2. The molecule has 2 aromatic rings. The van der Waals surface area contributed by atoms with Gasteiger partial charge < -0.3 is 20.3 Å². The molecule has 0 aromatic heterocycles. The summed E-state index contributed by atoms with van der Waals surface area (Å²) in [4.78, 5) is 67.1. The van der Waals surface area contributed by atoms with Crippen molar-refractivity contribution in [2.24, 2.45) is 5.92 Å². The number of carbonyl (C=O) groups excluding carboxylic acids is 5. The van der Waals surface area contributed by atoms with Gasteiger partial charge in [-0.2, -0.15) is 0 Å². The maximum absolute atomic E-state index is 13.7. The fourth-order valence-corrected chi connectivity index (χ4v) is 5.62. The molecule has 3 N–H and O–H groups in total. The first-order valence-electron chi connectivity index (χ1n) is 13.6. The van der Waals surface area contributed by atoms with Crippen molar-refractivity contribution in [2.45, 2.75) is 50.7 Å². The average molecular weight is 560 g/mol. The monoisotopic (exact) mass is 559 g/mol. The van der Waals surface area contributed by atoms with Gasteiger partial charge in [-0.25, -0.2) is 9.59 Å². The van der Waals surface area contributed by atoms with E-state index in [4.69, 9.17) is 0 Å². The summed E-state index contributed by atoms with van der Waals surface area (Å²) in [6.07, 6.45) is 5.15. The van der Waals surface area contributed by atoms with Crippen LogP contribution in [-0.4, -0.2) is 59.3 Å². The number of amides is 7. The second-order valence-electron chi connectivity index (χ2n) is 10.7. The molecule has 11 heteroatoms. The van der Waals surface area contributed by atoms with Crippen LogP contribution >= 0.6 is 0 Å². The molecule has 2 atom stereocenters. The van der Waals surface area contributed by atoms with E-state index in [1.165, 1.54) is 7.11 Å². The number of carbonyl (C=O) groups is 5. The van der Waals surface area contributed by atoms with Crippen LogP contribution in [0.3, 0.4) is 0 Å². The van der Waals surface area contributed by atoms with Gasteiger partial charge >= 0.3 is 12.1 Å². The first-order chi connectivity index (χ1) is 19.7. The lowest BCUT2D eigenvalue weighted by atomic mass is 9.91. The smallest absolute Gasteiger partial charge is 0.326 e. The van der Waals surface area contributed by atoms with Crippen LogP contribution in [0.5, 0.6) is 0 Å². The van der Waals surface area contributed by atoms with Crippen LogP contribution in [0, 0.1) is 5.92 Å². The number of urea groups is 2. The van der Waals surface area contributed by atoms with Gasteiger partial charge in [0.15, 0.2) is 0 Å². The molecule has 2 aliphatic carbocycles. The number of imide groups is 2.